The Morgan fingerprint density at radius 2 is 1.51 bits per heavy atom. The highest BCUT2D eigenvalue weighted by molar-refractivity contribution is 5.69. The molecule has 0 radical (unpaired) electrons. The number of carbonyl (C=O) groups is 2. The fourth-order valence-electron chi connectivity index (χ4n) is 5.86. The molecule has 2 heterocycles. The molecule has 3 saturated carbocycles. The maximum atomic E-state index is 14.0. The predicted molar refractivity (Wildman–Crippen MR) is 130 cm³/mol. The molecular weight excluding hydrogens is 489 g/mol. The van der Waals surface area contributed by atoms with Crippen LogP contribution in [0.3, 0.4) is 0 Å². The predicted octanol–water partition coefficient (Wildman–Crippen LogP) is 5.81. The van der Waals surface area contributed by atoms with Crippen molar-refractivity contribution in [1.29, 1.82) is 0 Å². The number of aromatic nitrogens is 2. The highest BCUT2D eigenvalue weighted by Gasteiger charge is 2.51. The number of alkyl carbamates (subject to hydrolysis) is 1. The number of halogens is 3. The Morgan fingerprint density at radius 1 is 0.946 bits per heavy atom. The topological polar surface area (TPSA) is 85.7 Å². The van der Waals surface area contributed by atoms with Crippen LogP contribution in [0, 0.1) is 5.41 Å². The van der Waals surface area contributed by atoms with Gasteiger partial charge in [-0.3, -0.25) is 4.68 Å². The smallest absolute Gasteiger partial charge is 0.435 e. The van der Waals surface area contributed by atoms with Gasteiger partial charge in [-0.2, -0.15) is 18.3 Å². The molecule has 37 heavy (non-hydrogen) atoms. The highest BCUT2D eigenvalue weighted by atomic mass is 19.4. The number of carbonyl (C=O) groups excluding carboxylic acids is 2. The molecule has 208 valence electrons. The summed E-state index contributed by atoms with van der Waals surface area (Å²) in [6.07, 6.45) is -0.711. The van der Waals surface area contributed by atoms with E-state index in [4.69, 9.17) is 9.47 Å². The fraction of sp³-hybridized carbons (Fsp3) is 0.808. The molecule has 3 fully saturated rings. The minimum Gasteiger partial charge on any atom is -0.444 e. The van der Waals surface area contributed by atoms with Crippen molar-refractivity contribution in [2.45, 2.75) is 122 Å². The molecule has 2 amide bonds. The number of nitrogens with one attached hydrogen (secondary N) is 1. The van der Waals surface area contributed by atoms with Crippen LogP contribution in [0.5, 0.6) is 0 Å². The van der Waals surface area contributed by atoms with E-state index in [2.05, 4.69) is 10.4 Å². The maximum Gasteiger partial charge on any atom is 0.435 e. The largest absolute Gasteiger partial charge is 0.444 e. The SMILES string of the molecule is CC(C)(C)OC(=O)NC12CCC(Cn3nc(C(F)(F)F)c4c3CCN(C(=O)OC(C)(C)C)C4)(CC1)CC2. The molecule has 2 bridgehead atoms. The summed E-state index contributed by atoms with van der Waals surface area (Å²) in [5.41, 5.74) is -2.10. The van der Waals surface area contributed by atoms with Crippen LogP contribution in [0.4, 0.5) is 22.8 Å². The molecule has 11 heteroatoms. The van der Waals surface area contributed by atoms with Crippen LogP contribution in [-0.2, 0) is 35.2 Å². The van der Waals surface area contributed by atoms with Crippen LogP contribution in [0.2, 0.25) is 0 Å². The number of ether oxygens (including phenoxy) is 2. The molecule has 1 aliphatic heterocycles. The van der Waals surface area contributed by atoms with Gasteiger partial charge in [-0.25, -0.2) is 9.59 Å². The Kier molecular flexibility index (Phi) is 6.77. The van der Waals surface area contributed by atoms with Gasteiger partial charge in [0.1, 0.15) is 11.2 Å². The molecule has 1 N–H and O–H groups in total. The Hall–Kier alpha value is -2.46. The Labute approximate surface area is 216 Å². The second-order valence-corrected chi connectivity index (χ2v) is 13.0. The number of nitrogens with zero attached hydrogens (tertiary/aromatic N) is 3. The van der Waals surface area contributed by atoms with Crippen molar-refractivity contribution < 1.29 is 32.2 Å². The van der Waals surface area contributed by atoms with E-state index in [9.17, 15) is 22.8 Å². The molecule has 8 nitrogen and oxygen atoms in total. The summed E-state index contributed by atoms with van der Waals surface area (Å²) in [6.45, 7) is 11.2. The van der Waals surface area contributed by atoms with Crippen molar-refractivity contribution in [2.24, 2.45) is 5.41 Å². The van der Waals surface area contributed by atoms with E-state index < -0.39 is 35.3 Å². The third-order valence-corrected chi connectivity index (χ3v) is 7.71. The number of hydrogen-bond donors (Lipinski definition) is 1. The highest BCUT2D eigenvalue weighted by Crippen LogP contribution is 2.53. The molecule has 0 aromatic carbocycles. The molecule has 4 aliphatic rings. The normalized spacial score (nSPS) is 26.0. The van der Waals surface area contributed by atoms with Gasteiger partial charge in [-0.05, 0) is 85.5 Å². The number of alkyl halides is 3. The molecule has 0 unspecified atom stereocenters. The van der Waals surface area contributed by atoms with E-state index in [1.807, 2.05) is 20.8 Å². The van der Waals surface area contributed by atoms with Crippen LogP contribution in [0.1, 0.15) is 97.0 Å². The lowest BCUT2D eigenvalue weighted by Gasteiger charge is -2.53. The van der Waals surface area contributed by atoms with Gasteiger partial charge >= 0.3 is 18.4 Å². The van der Waals surface area contributed by atoms with Gasteiger partial charge in [0.05, 0.1) is 6.54 Å². The molecule has 0 saturated heterocycles. The average Bonchev–Trinajstić information content (AvgIpc) is 3.10. The molecule has 1 aromatic heterocycles. The number of rotatable bonds is 3. The zero-order chi connectivity index (χ0) is 27.4. The van der Waals surface area contributed by atoms with E-state index in [0.29, 0.717) is 12.2 Å². The zero-order valence-electron chi connectivity index (χ0n) is 22.7. The molecule has 0 atom stereocenters. The molecule has 0 spiro atoms. The molecular formula is C26H39F3N4O4. The monoisotopic (exact) mass is 528 g/mol. The summed E-state index contributed by atoms with van der Waals surface area (Å²) >= 11 is 0. The van der Waals surface area contributed by atoms with E-state index in [0.717, 1.165) is 38.5 Å². The minimum absolute atomic E-state index is 0.0635. The summed E-state index contributed by atoms with van der Waals surface area (Å²) in [7, 11) is 0. The van der Waals surface area contributed by atoms with E-state index in [1.54, 1.807) is 25.5 Å². The summed E-state index contributed by atoms with van der Waals surface area (Å²) in [4.78, 5) is 26.3. The van der Waals surface area contributed by atoms with Gasteiger partial charge in [0.25, 0.3) is 0 Å². The summed E-state index contributed by atoms with van der Waals surface area (Å²) in [6, 6.07) is 0. The third-order valence-electron chi connectivity index (χ3n) is 7.71. The fourth-order valence-corrected chi connectivity index (χ4v) is 5.86. The average molecular weight is 529 g/mol. The number of amides is 2. The summed E-state index contributed by atoms with van der Waals surface area (Å²) in [5.74, 6) is 0. The number of hydrogen-bond acceptors (Lipinski definition) is 5. The van der Waals surface area contributed by atoms with Gasteiger partial charge in [0.15, 0.2) is 5.69 Å². The zero-order valence-corrected chi connectivity index (χ0v) is 22.7. The van der Waals surface area contributed by atoms with E-state index in [-0.39, 0.29) is 36.0 Å². The first-order chi connectivity index (χ1) is 16.9. The lowest BCUT2D eigenvalue weighted by molar-refractivity contribution is -0.142. The number of fused-ring (bicyclic) bond motifs is 4. The summed E-state index contributed by atoms with van der Waals surface area (Å²) < 4.78 is 54.3. The first-order valence-electron chi connectivity index (χ1n) is 13.0. The van der Waals surface area contributed by atoms with Crippen LogP contribution in [0.15, 0.2) is 0 Å². The standard InChI is InChI=1S/C26H39F3N4O4/c1-22(2,3)36-20(34)30-25-11-8-24(9-12-25,10-13-25)16-33-18-7-14-32(21(35)37-23(4,5)6)15-17(18)19(31-33)26(27,28)29/h7-16H2,1-6H3,(H,30,34). The van der Waals surface area contributed by atoms with Crippen molar-refractivity contribution in [3.8, 4) is 0 Å². The van der Waals surface area contributed by atoms with Crippen molar-refractivity contribution >= 4 is 12.2 Å². The van der Waals surface area contributed by atoms with Crippen LogP contribution >= 0.6 is 0 Å². The summed E-state index contributed by atoms with van der Waals surface area (Å²) in [5, 5.41) is 7.15. The van der Waals surface area contributed by atoms with E-state index in [1.165, 1.54) is 4.90 Å². The van der Waals surface area contributed by atoms with E-state index >= 15 is 0 Å². The van der Waals surface area contributed by atoms with Crippen molar-refractivity contribution in [2.75, 3.05) is 6.54 Å². The third kappa shape index (κ3) is 6.17. The lowest BCUT2D eigenvalue weighted by atomic mass is 9.57. The maximum absolute atomic E-state index is 14.0. The van der Waals surface area contributed by atoms with Crippen LogP contribution in [-0.4, -0.2) is 50.2 Å². The van der Waals surface area contributed by atoms with Crippen molar-refractivity contribution in [3.63, 3.8) is 0 Å². The van der Waals surface area contributed by atoms with Gasteiger partial charge in [-0.1, -0.05) is 0 Å². The van der Waals surface area contributed by atoms with Gasteiger partial charge in [0, 0.05) is 36.3 Å². The Bertz CT molecular complexity index is 1030. The van der Waals surface area contributed by atoms with Gasteiger partial charge < -0.3 is 19.7 Å². The Morgan fingerprint density at radius 3 is 2.03 bits per heavy atom. The first-order valence-corrected chi connectivity index (χ1v) is 13.0. The van der Waals surface area contributed by atoms with Crippen LogP contribution in [0.25, 0.3) is 0 Å². The second-order valence-electron chi connectivity index (χ2n) is 13.0. The Balaban J connectivity index is 1.49. The minimum atomic E-state index is -4.62. The van der Waals surface area contributed by atoms with Gasteiger partial charge in [-0.15, -0.1) is 0 Å². The lowest BCUT2D eigenvalue weighted by Crippen LogP contribution is -2.58. The molecule has 1 aromatic rings. The van der Waals surface area contributed by atoms with Crippen LogP contribution < -0.4 is 5.32 Å². The molecule has 3 aliphatic carbocycles. The second kappa shape index (κ2) is 9.08. The van der Waals surface area contributed by atoms with Crippen molar-refractivity contribution in [1.82, 2.24) is 20.0 Å². The molecule has 5 rings (SSSR count). The quantitative estimate of drug-likeness (QED) is 0.535. The first kappa shape index (κ1) is 27.6. The van der Waals surface area contributed by atoms with Crippen molar-refractivity contribution in [3.05, 3.63) is 17.0 Å². The van der Waals surface area contributed by atoms with Gasteiger partial charge in [0.2, 0.25) is 0 Å².